The molecular formula is C10H6Cl2N2. The maximum Gasteiger partial charge on any atom is 0.0670 e. The molecule has 2 rings (SSSR count). The first kappa shape index (κ1) is 9.39. The van der Waals surface area contributed by atoms with Gasteiger partial charge in [0.15, 0.2) is 0 Å². The Balaban J connectivity index is 2.78. The predicted octanol–water partition coefficient (Wildman–Crippen LogP) is 3.54. The number of hydrogen-bond donors (Lipinski definition) is 1. The van der Waals surface area contributed by atoms with E-state index in [2.05, 4.69) is 11.1 Å². The average Bonchev–Trinajstić information content (AvgIpc) is 2.58. The first-order valence-electron chi connectivity index (χ1n) is 4.05. The van der Waals surface area contributed by atoms with Crippen molar-refractivity contribution >= 4 is 34.1 Å². The van der Waals surface area contributed by atoms with Crippen molar-refractivity contribution in [2.24, 2.45) is 0 Å². The van der Waals surface area contributed by atoms with Crippen LogP contribution in [0.4, 0.5) is 0 Å². The van der Waals surface area contributed by atoms with Crippen molar-refractivity contribution in [2.75, 3.05) is 0 Å². The van der Waals surface area contributed by atoms with E-state index in [1.165, 1.54) is 0 Å². The van der Waals surface area contributed by atoms with Gasteiger partial charge in [0.25, 0.3) is 0 Å². The standard InChI is InChI=1S/C10H6Cl2N2/c11-7-1-2-8(12)10-9(7)6(3-4-13)5-14-10/h1-2,5,14H,3H2. The lowest BCUT2D eigenvalue weighted by Gasteiger charge is -1.98. The smallest absolute Gasteiger partial charge is 0.0670 e. The molecule has 4 heteroatoms. The number of aromatic nitrogens is 1. The molecule has 0 saturated carbocycles. The van der Waals surface area contributed by atoms with Gasteiger partial charge in [0, 0.05) is 11.6 Å². The number of halogens is 2. The molecule has 1 aromatic carbocycles. The van der Waals surface area contributed by atoms with Crippen LogP contribution in [0.25, 0.3) is 10.9 Å². The van der Waals surface area contributed by atoms with Gasteiger partial charge in [0.2, 0.25) is 0 Å². The lowest BCUT2D eigenvalue weighted by Crippen LogP contribution is -1.79. The molecule has 0 bridgehead atoms. The molecule has 0 fully saturated rings. The van der Waals surface area contributed by atoms with Crippen LogP contribution in [0.3, 0.4) is 0 Å². The lowest BCUT2D eigenvalue weighted by molar-refractivity contribution is 1.28. The Kier molecular flexibility index (Phi) is 2.37. The number of nitrogens with one attached hydrogen (secondary N) is 1. The Labute approximate surface area is 91.1 Å². The summed E-state index contributed by atoms with van der Waals surface area (Å²) in [4.78, 5) is 3.01. The molecule has 0 spiro atoms. The largest absolute Gasteiger partial charge is 0.360 e. The van der Waals surface area contributed by atoms with E-state index < -0.39 is 0 Å². The number of fused-ring (bicyclic) bond motifs is 1. The maximum atomic E-state index is 8.62. The first-order valence-corrected chi connectivity index (χ1v) is 4.80. The Hall–Kier alpha value is -1.17. The minimum absolute atomic E-state index is 0.333. The summed E-state index contributed by atoms with van der Waals surface area (Å²) in [5, 5.41) is 10.7. The fourth-order valence-corrected chi connectivity index (χ4v) is 1.95. The maximum absolute atomic E-state index is 8.62. The zero-order valence-corrected chi connectivity index (χ0v) is 8.65. The van der Waals surface area contributed by atoms with Crippen molar-refractivity contribution < 1.29 is 0 Å². The zero-order valence-electron chi connectivity index (χ0n) is 7.14. The second-order valence-corrected chi connectivity index (χ2v) is 3.74. The molecule has 14 heavy (non-hydrogen) atoms. The van der Waals surface area contributed by atoms with E-state index in [4.69, 9.17) is 28.5 Å². The summed E-state index contributed by atoms with van der Waals surface area (Å²) in [5.74, 6) is 0. The van der Waals surface area contributed by atoms with E-state index >= 15 is 0 Å². The SMILES string of the molecule is N#CCc1c[nH]c2c(Cl)ccc(Cl)c12. The van der Waals surface area contributed by atoms with Crippen LogP contribution >= 0.6 is 23.2 Å². The first-order chi connectivity index (χ1) is 6.74. The molecule has 0 aliphatic carbocycles. The molecular weight excluding hydrogens is 219 g/mol. The monoisotopic (exact) mass is 224 g/mol. The fraction of sp³-hybridized carbons (Fsp3) is 0.100. The number of H-pyrrole nitrogens is 1. The Morgan fingerprint density at radius 2 is 2.00 bits per heavy atom. The molecule has 1 N–H and O–H groups in total. The number of nitriles is 1. The molecule has 2 nitrogen and oxygen atoms in total. The molecule has 0 aliphatic rings. The third-order valence-corrected chi connectivity index (χ3v) is 2.71. The summed E-state index contributed by atoms with van der Waals surface area (Å²) < 4.78 is 0. The van der Waals surface area contributed by atoms with Crippen molar-refractivity contribution in [3.63, 3.8) is 0 Å². The molecule has 0 unspecified atom stereocenters. The van der Waals surface area contributed by atoms with Gasteiger partial charge in [-0.3, -0.25) is 0 Å². The highest BCUT2D eigenvalue weighted by atomic mass is 35.5. The average molecular weight is 225 g/mol. The van der Waals surface area contributed by atoms with Gasteiger partial charge in [-0.05, 0) is 17.7 Å². The van der Waals surface area contributed by atoms with Crippen LogP contribution in [-0.4, -0.2) is 4.98 Å². The summed E-state index contributed by atoms with van der Waals surface area (Å²) >= 11 is 12.0. The van der Waals surface area contributed by atoms with Crippen LogP contribution in [0.5, 0.6) is 0 Å². The van der Waals surface area contributed by atoms with Crippen molar-refractivity contribution in [2.45, 2.75) is 6.42 Å². The van der Waals surface area contributed by atoms with Gasteiger partial charge >= 0.3 is 0 Å². The third-order valence-electron chi connectivity index (χ3n) is 2.09. The van der Waals surface area contributed by atoms with E-state index in [1.807, 2.05) is 0 Å². The highest BCUT2D eigenvalue weighted by Crippen LogP contribution is 2.31. The summed E-state index contributed by atoms with van der Waals surface area (Å²) in [6, 6.07) is 5.56. The third kappa shape index (κ3) is 1.35. The second kappa shape index (κ2) is 3.53. The Morgan fingerprint density at radius 1 is 1.29 bits per heavy atom. The Bertz CT molecular complexity index is 523. The van der Waals surface area contributed by atoms with Gasteiger partial charge in [-0.2, -0.15) is 5.26 Å². The van der Waals surface area contributed by atoms with Gasteiger partial charge < -0.3 is 4.98 Å². The van der Waals surface area contributed by atoms with Crippen molar-refractivity contribution in [1.82, 2.24) is 4.98 Å². The van der Waals surface area contributed by atoms with Gasteiger partial charge in [-0.25, -0.2) is 0 Å². The molecule has 1 aromatic heterocycles. The van der Waals surface area contributed by atoms with Crippen LogP contribution in [0, 0.1) is 11.3 Å². The number of rotatable bonds is 1. The number of hydrogen-bond acceptors (Lipinski definition) is 1. The molecule has 0 atom stereocenters. The van der Waals surface area contributed by atoms with Crippen LogP contribution in [-0.2, 0) is 6.42 Å². The molecule has 0 aliphatic heterocycles. The fourth-order valence-electron chi connectivity index (χ4n) is 1.46. The molecule has 0 amide bonds. The van der Waals surface area contributed by atoms with Crippen LogP contribution < -0.4 is 0 Å². The van der Waals surface area contributed by atoms with E-state index in [0.717, 1.165) is 16.5 Å². The van der Waals surface area contributed by atoms with Crippen molar-refractivity contribution in [3.05, 3.63) is 33.9 Å². The number of aromatic amines is 1. The molecule has 0 radical (unpaired) electrons. The topological polar surface area (TPSA) is 39.6 Å². The van der Waals surface area contributed by atoms with Gasteiger partial charge in [0.1, 0.15) is 0 Å². The van der Waals surface area contributed by atoms with E-state index in [-0.39, 0.29) is 0 Å². The highest BCUT2D eigenvalue weighted by Gasteiger charge is 2.09. The summed E-state index contributed by atoms with van der Waals surface area (Å²) in [5.41, 5.74) is 1.68. The Morgan fingerprint density at radius 3 is 2.71 bits per heavy atom. The van der Waals surface area contributed by atoms with Gasteiger partial charge in [-0.1, -0.05) is 23.2 Å². The highest BCUT2D eigenvalue weighted by molar-refractivity contribution is 6.40. The summed E-state index contributed by atoms with van der Waals surface area (Å²) in [7, 11) is 0. The number of nitrogens with zero attached hydrogens (tertiary/aromatic N) is 1. The van der Waals surface area contributed by atoms with Crippen molar-refractivity contribution in [1.29, 1.82) is 5.26 Å². The van der Waals surface area contributed by atoms with E-state index in [1.54, 1.807) is 18.3 Å². The molecule has 1 heterocycles. The quantitative estimate of drug-likeness (QED) is 0.791. The van der Waals surface area contributed by atoms with E-state index in [9.17, 15) is 0 Å². The van der Waals surface area contributed by atoms with E-state index in [0.29, 0.717) is 16.5 Å². The second-order valence-electron chi connectivity index (χ2n) is 2.93. The van der Waals surface area contributed by atoms with Crippen LogP contribution in [0.2, 0.25) is 10.0 Å². The lowest BCUT2D eigenvalue weighted by atomic mass is 10.1. The normalized spacial score (nSPS) is 10.4. The predicted molar refractivity (Wildman–Crippen MR) is 57.6 cm³/mol. The molecule has 0 saturated heterocycles. The minimum Gasteiger partial charge on any atom is -0.360 e. The summed E-state index contributed by atoms with van der Waals surface area (Å²) in [6.45, 7) is 0. The van der Waals surface area contributed by atoms with Crippen LogP contribution in [0.15, 0.2) is 18.3 Å². The molecule has 2 aromatic rings. The van der Waals surface area contributed by atoms with Gasteiger partial charge in [-0.15, -0.1) is 0 Å². The summed E-state index contributed by atoms with van der Waals surface area (Å²) in [6.07, 6.45) is 2.10. The zero-order chi connectivity index (χ0) is 10.1. The van der Waals surface area contributed by atoms with Crippen molar-refractivity contribution in [3.8, 4) is 6.07 Å². The molecule has 70 valence electrons. The van der Waals surface area contributed by atoms with Crippen LogP contribution in [0.1, 0.15) is 5.56 Å². The number of benzene rings is 1. The minimum atomic E-state index is 0.333. The van der Waals surface area contributed by atoms with Gasteiger partial charge in [0.05, 0.1) is 28.1 Å².